The lowest BCUT2D eigenvalue weighted by atomic mass is 10.1. The molecule has 0 aliphatic rings. The molecule has 0 saturated carbocycles. The lowest BCUT2D eigenvalue weighted by molar-refractivity contribution is 0.572. The van der Waals surface area contributed by atoms with Crippen molar-refractivity contribution in [1.29, 1.82) is 0 Å². The Labute approximate surface area is 102 Å². The first-order valence-corrected chi connectivity index (χ1v) is 5.79. The van der Waals surface area contributed by atoms with Gasteiger partial charge in [0, 0.05) is 30.5 Å². The van der Waals surface area contributed by atoms with E-state index in [0.717, 1.165) is 12.1 Å². The molecule has 0 spiro atoms. The Morgan fingerprint density at radius 3 is 2.41 bits per heavy atom. The van der Waals surface area contributed by atoms with Gasteiger partial charge in [-0.05, 0) is 19.4 Å². The van der Waals surface area contributed by atoms with E-state index >= 15 is 0 Å². The van der Waals surface area contributed by atoms with Crippen molar-refractivity contribution in [1.82, 2.24) is 15.3 Å². The van der Waals surface area contributed by atoms with Gasteiger partial charge in [0.25, 0.3) is 0 Å². The lowest BCUT2D eigenvalue weighted by Gasteiger charge is -2.14. The number of hydrogen-bond acceptors (Lipinski definition) is 3. The van der Waals surface area contributed by atoms with Crippen LogP contribution in [0.3, 0.4) is 0 Å². The van der Waals surface area contributed by atoms with Crippen molar-refractivity contribution >= 4 is 0 Å². The van der Waals surface area contributed by atoms with Crippen LogP contribution >= 0.6 is 0 Å². The molecule has 0 aliphatic carbocycles. The molecule has 2 rings (SSSR count). The summed E-state index contributed by atoms with van der Waals surface area (Å²) in [6.07, 6.45) is 5.22. The Kier molecular flexibility index (Phi) is 3.83. The van der Waals surface area contributed by atoms with Crippen molar-refractivity contribution in [2.24, 2.45) is 0 Å². The summed E-state index contributed by atoms with van der Waals surface area (Å²) in [5.41, 5.74) is 3.69. The first-order chi connectivity index (χ1) is 8.25. The average Bonchev–Trinajstić information content (AvgIpc) is 2.38. The number of nitrogens with one attached hydrogen (secondary N) is 1. The van der Waals surface area contributed by atoms with Crippen LogP contribution in [-0.2, 0) is 6.54 Å². The highest BCUT2D eigenvalue weighted by Gasteiger charge is 2.04. The number of aryl methyl sites for hydroxylation is 1. The fourth-order valence-electron chi connectivity index (χ4n) is 1.67. The number of hydrogen-bond donors (Lipinski definition) is 1. The highest BCUT2D eigenvalue weighted by molar-refractivity contribution is 5.23. The molecule has 1 aromatic carbocycles. The number of benzene rings is 1. The standard InChI is InChI=1S/C14H17N3/c1-11-3-5-14(6-4-11)12(2)17-9-13-7-15-10-16-8-13/h3-8,10,12,17H,9H2,1-2H3. The summed E-state index contributed by atoms with van der Waals surface area (Å²) in [5.74, 6) is 0. The molecule has 1 atom stereocenters. The van der Waals surface area contributed by atoms with Crippen LogP contribution in [0.15, 0.2) is 43.0 Å². The SMILES string of the molecule is Cc1ccc(C(C)NCc2cncnc2)cc1. The minimum Gasteiger partial charge on any atom is -0.306 e. The average molecular weight is 227 g/mol. The molecule has 1 N–H and O–H groups in total. The first-order valence-electron chi connectivity index (χ1n) is 5.79. The monoisotopic (exact) mass is 227 g/mol. The van der Waals surface area contributed by atoms with Crippen LogP contribution < -0.4 is 5.32 Å². The lowest BCUT2D eigenvalue weighted by Crippen LogP contribution is -2.18. The van der Waals surface area contributed by atoms with E-state index in [9.17, 15) is 0 Å². The summed E-state index contributed by atoms with van der Waals surface area (Å²) < 4.78 is 0. The second-order valence-electron chi connectivity index (χ2n) is 4.26. The van der Waals surface area contributed by atoms with Crippen molar-refractivity contribution in [2.45, 2.75) is 26.4 Å². The van der Waals surface area contributed by atoms with Crippen molar-refractivity contribution in [2.75, 3.05) is 0 Å². The largest absolute Gasteiger partial charge is 0.306 e. The summed E-state index contributed by atoms with van der Waals surface area (Å²) in [6.45, 7) is 5.05. The van der Waals surface area contributed by atoms with Crippen LogP contribution in [0.25, 0.3) is 0 Å². The molecular weight excluding hydrogens is 210 g/mol. The third kappa shape index (κ3) is 3.36. The normalized spacial score (nSPS) is 12.4. The fourth-order valence-corrected chi connectivity index (χ4v) is 1.67. The summed E-state index contributed by atoms with van der Waals surface area (Å²) >= 11 is 0. The van der Waals surface area contributed by atoms with Crippen LogP contribution in [-0.4, -0.2) is 9.97 Å². The second-order valence-corrected chi connectivity index (χ2v) is 4.26. The summed E-state index contributed by atoms with van der Waals surface area (Å²) in [6, 6.07) is 8.93. The number of aromatic nitrogens is 2. The van der Waals surface area contributed by atoms with Gasteiger partial charge in [-0.25, -0.2) is 9.97 Å². The molecule has 3 heteroatoms. The van der Waals surface area contributed by atoms with E-state index in [0.29, 0.717) is 6.04 Å². The molecule has 0 fully saturated rings. The van der Waals surface area contributed by atoms with Crippen molar-refractivity contribution < 1.29 is 0 Å². The van der Waals surface area contributed by atoms with E-state index in [1.807, 2.05) is 12.4 Å². The highest BCUT2D eigenvalue weighted by Crippen LogP contribution is 2.13. The minimum atomic E-state index is 0.329. The van der Waals surface area contributed by atoms with Gasteiger partial charge < -0.3 is 5.32 Å². The van der Waals surface area contributed by atoms with Gasteiger partial charge in [0.05, 0.1) is 0 Å². The number of nitrogens with zero attached hydrogens (tertiary/aromatic N) is 2. The molecule has 1 unspecified atom stereocenters. The minimum absolute atomic E-state index is 0.329. The quantitative estimate of drug-likeness (QED) is 0.872. The Morgan fingerprint density at radius 2 is 1.76 bits per heavy atom. The maximum absolute atomic E-state index is 4.00. The van der Waals surface area contributed by atoms with E-state index in [1.165, 1.54) is 11.1 Å². The van der Waals surface area contributed by atoms with Gasteiger partial charge in [-0.2, -0.15) is 0 Å². The van der Waals surface area contributed by atoms with Crippen molar-refractivity contribution in [3.8, 4) is 0 Å². The molecule has 0 bridgehead atoms. The first kappa shape index (κ1) is 11.7. The zero-order valence-electron chi connectivity index (χ0n) is 10.2. The molecule has 88 valence electrons. The van der Waals surface area contributed by atoms with Crippen LogP contribution in [0.1, 0.15) is 29.7 Å². The summed E-state index contributed by atoms with van der Waals surface area (Å²) in [7, 11) is 0. The van der Waals surface area contributed by atoms with Gasteiger partial charge >= 0.3 is 0 Å². The Bertz CT molecular complexity index is 451. The molecule has 0 radical (unpaired) electrons. The van der Waals surface area contributed by atoms with Crippen molar-refractivity contribution in [3.63, 3.8) is 0 Å². The zero-order chi connectivity index (χ0) is 12.1. The van der Waals surface area contributed by atoms with E-state index in [2.05, 4.69) is 53.4 Å². The third-order valence-electron chi connectivity index (χ3n) is 2.80. The van der Waals surface area contributed by atoms with E-state index in [-0.39, 0.29) is 0 Å². The topological polar surface area (TPSA) is 37.8 Å². The Balaban J connectivity index is 1.93. The fraction of sp³-hybridized carbons (Fsp3) is 0.286. The van der Waals surface area contributed by atoms with Gasteiger partial charge in [0.15, 0.2) is 0 Å². The Hall–Kier alpha value is -1.74. The third-order valence-corrected chi connectivity index (χ3v) is 2.80. The van der Waals surface area contributed by atoms with Gasteiger partial charge in [-0.1, -0.05) is 29.8 Å². The van der Waals surface area contributed by atoms with Gasteiger partial charge in [0.1, 0.15) is 6.33 Å². The molecule has 1 heterocycles. The van der Waals surface area contributed by atoms with Gasteiger partial charge in [-0.15, -0.1) is 0 Å². The molecule has 3 nitrogen and oxygen atoms in total. The van der Waals surface area contributed by atoms with E-state index < -0.39 is 0 Å². The van der Waals surface area contributed by atoms with Crippen LogP contribution in [0, 0.1) is 6.92 Å². The summed E-state index contributed by atoms with van der Waals surface area (Å²) in [4.78, 5) is 7.99. The molecular formula is C14H17N3. The van der Waals surface area contributed by atoms with Crippen LogP contribution in [0.5, 0.6) is 0 Å². The summed E-state index contributed by atoms with van der Waals surface area (Å²) in [5, 5.41) is 3.45. The second kappa shape index (κ2) is 5.55. The predicted molar refractivity (Wildman–Crippen MR) is 68.5 cm³/mol. The molecule has 0 amide bonds. The predicted octanol–water partition coefficient (Wildman–Crippen LogP) is 2.64. The molecule has 0 saturated heterocycles. The van der Waals surface area contributed by atoms with Gasteiger partial charge in [0.2, 0.25) is 0 Å². The highest BCUT2D eigenvalue weighted by atomic mass is 14.9. The maximum Gasteiger partial charge on any atom is 0.115 e. The molecule has 0 aliphatic heterocycles. The number of rotatable bonds is 4. The van der Waals surface area contributed by atoms with E-state index in [4.69, 9.17) is 0 Å². The zero-order valence-corrected chi connectivity index (χ0v) is 10.2. The molecule has 2 aromatic rings. The molecule has 1 aromatic heterocycles. The molecule has 17 heavy (non-hydrogen) atoms. The van der Waals surface area contributed by atoms with Crippen LogP contribution in [0.2, 0.25) is 0 Å². The van der Waals surface area contributed by atoms with Crippen molar-refractivity contribution in [3.05, 3.63) is 59.7 Å². The van der Waals surface area contributed by atoms with Gasteiger partial charge in [-0.3, -0.25) is 0 Å². The maximum atomic E-state index is 4.00. The van der Waals surface area contributed by atoms with E-state index in [1.54, 1.807) is 6.33 Å². The van der Waals surface area contributed by atoms with Crippen LogP contribution in [0.4, 0.5) is 0 Å². The smallest absolute Gasteiger partial charge is 0.115 e. The Morgan fingerprint density at radius 1 is 1.12 bits per heavy atom.